The summed E-state index contributed by atoms with van der Waals surface area (Å²) in [6.45, 7) is -0.626. The van der Waals surface area contributed by atoms with Crippen LogP contribution >= 0.6 is 0 Å². The molecule has 1 unspecified atom stereocenters. The molecule has 23 heavy (non-hydrogen) atoms. The first kappa shape index (κ1) is 15.4. The molecule has 6 N–H and O–H groups in total. The molecule has 0 radical (unpaired) electrons. The highest BCUT2D eigenvalue weighted by Gasteiger charge is 2.55. The normalized spacial score (nSPS) is 30.7. The number of ether oxygens (including phenoxy) is 1. The Kier molecular flexibility index (Phi) is 3.38. The minimum atomic E-state index is -2.26. The number of nitrogen functional groups attached to an aromatic ring is 1. The maximum Gasteiger partial charge on any atom is 0.264 e. The lowest BCUT2D eigenvalue weighted by Gasteiger charge is -2.26. The molecule has 3 heterocycles. The average molecular weight is 324 g/mol. The lowest BCUT2D eigenvalue weighted by atomic mass is 9.95. The van der Waals surface area contributed by atoms with Gasteiger partial charge in [0, 0.05) is 6.20 Å². The molecule has 4 atom stereocenters. The van der Waals surface area contributed by atoms with E-state index in [4.69, 9.17) is 16.9 Å². The predicted molar refractivity (Wildman–Crippen MR) is 75.5 cm³/mol. The first-order chi connectivity index (χ1) is 10.8. The summed E-state index contributed by atoms with van der Waals surface area (Å²) in [5.74, 6) is 0.781. The molecule has 1 aliphatic rings. The van der Waals surface area contributed by atoms with Crippen LogP contribution in [-0.4, -0.2) is 54.3 Å². The topological polar surface area (TPSA) is 147 Å². The molecule has 1 aliphatic heterocycles. The van der Waals surface area contributed by atoms with Gasteiger partial charge in [-0.25, -0.2) is 4.39 Å². The summed E-state index contributed by atoms with van der Waals surface area (Å²) in [4.78, 5) is 17.8. The maximum absolute atomic E-state index is 14.1. The lowest BCUT2D eigenvalue weighted by Crippen LogP contribution is -2.45. The number of H-pyrrole nitrogens is 1. The molecule has 1 saturated heterocycles. The van der Waals surface area contributed by atoms with Crippen LogP contribution in [0.1, 0.15) is 6.23 Å². The number of aromatic amines is 1. The van der Waals surface area contributed by atoms with Gasteiger partial charge in [-0.2, -0.15) is 4.98 Å². The van der Waals surface area contributed by atoms with Crippen molar-refractivity contribution in [1.82, 2.24) is 14.5 Å². The van der Waals surface area contributed by atoms with Gasteiger partial charge < -0.3 is 25.8 Å². The number of fused-ring (bicyclic) bond motifs is 1. The van der Waals surface area contributed by atoms with Gasteiger partial charge in [0.1, 0.15) is 17.6 Å². The van der Waals surface area contributed by atoms with E-state index in [1.54, 1.807) is 0 Å². The molecule has 0 aromatic carbocycles. The minimum Gasteiger partial charge on any atom is -0.394 e. The monoisotopic (exact) mass is 324 g/mol. The van der Waals surface area contributed by atoms with Gasteiger partial charge in [0.05, 0.1) is 6.61 Å². The molecule has 122 valence electrons. The van der Waals surface area contributed by atoms with Gasteiger partial charge in [-0.15, -0.1) is 6.42 Å². The molecule has 0 aliphatic carbocycles. The predicted octanol–water partition coefficient (Wildman–Crippen LogP) is -1.94. The van der Waals surface area contributed by atoms with Gasteiger partial charge in [0.2, 0.25) is 5.95 Å². The van der Waals surface area contributed by atoms with Crippen LogP contribution in [0.2, 0.25) is 0 Å². The van der Waals surface area contributed by atoms with E-state index < -0.39 is 47.4 Å². The van der Waals surface area contributed by atoms with Crippen molar-refractivity contribution < 1.29 is 24.4 Å². The third-order valence-electron chi connectivity index (χ3n) is 3.80. The Balaban J connectivity index is 2.25. The van der Waals surface area contributed by atoms with E-state index in [9.17, 15) is 24.5 Å². The summed E-state index contributed by atoms with van der Waals surface area (Å²) < 4.78 is 20.4. The molecule has 0 bridgehead atoms. The zero-order valence-corrected chi connectivity index (χ0v) is 11.6. The van der Waals surface area contributed by atoms with Crippen LogP contribution in [0.3, 0.4) is 0 Å². The molecule has 2 aromatic heterocycles. The zero-order valence-electron chi connectivity index (χ0n) is 11.6. The summed E-state index contributed by atoms with van der Waals surface area (Å²) in [5, 5.41) is 29.3. The molecule has 3 rings (SSSR count). The largest absolute Gasteiger partial charge is 0.394 e. The van der Waals surface area contributed by atoms with Gasteiger partial charge in [0.15, 0.2) is 23.3 Å². The van der Waals surface area contributed by atoms with Crippen LogP contribution in [0.15, 0.2) is 11.0 Å². The fourth-order valence-corrected chi connectivity index (χ4v) is 2.66. The van der Waals surface area contributed by atoms with Crippen molar-refractivity contribution >= 4 is 17.0 Å². The summed E-state index contributed by atoms with van der Waals surface area (Å²) in [6, 6.07) is 0. The Bertz CT molecular complexity index is 872. The Labute approximate surface area is 128 Å². The number of anilines is 1. The fraction of sp³-hybridized carbons (Fsp3) is 0.385. The van der Waals surface area contributed by atoms with E-state index in [-0.39, 0.29) is 11.6 Å². The molecular weight excluding hydrogens is 311 g/mol. The quantitative estimate of drug-likeness (QED) is 0.404. The number of aliphatic hydroxyl groups excluding tert-OH is 2. The van der Waals surface area contributed by atoms with Gasteiger partial charge in [-0.05, 0) is 0 Å². The van der Waals surface area contributed by atoms with Gasteiger partial charge in [-0.3, -0.25) is 14.3 Å². The molecule has 0 saturated carbocycles. The number of nitrogens with two attached hydrogens (primary N) is 1. The number of nitrogens with zero attached hydrogens (tertiary/aromatic N) is 2. The number of terminal acetylenes is 1. The summed E-state index contributed by atoms with van der Waals surface area (Å²) in [7, 11) is 0. The van der Waals surface area contributed by atoms with Crippen LogP contribution in [0.5, 0.6) is 0 Å². The zero-order chi connectivity index (χ0) is 16.9. The van der Waals surface area contributed by atoms with E-state index in [1.807, 2.05) is 5.92 Å². The van der Waals surface area contributed by atoms with Gasteiger partial charge in [0.25, 0.3) is 5.56 Å². The van der Waals surface area contributed by atoms with E-state index in [0.717, 1.165) is 10.8 Å². The van der Waals surface area contributed by atoms with E-state index >= 15 is 0 Å². The Hall–Kier alpha value is -2.45. The van der Waals surface area contributed by atoms with Gasteiger partial charge >= 0.3 is 0 Å². The number of rotatable bonds is 2. The second-order valence-corrected chi connectivity index (χ2v) is 5.16. The minimum absolute atomic E-state index is 0.215. The van der Waals surface area contributed by atoms with Crippen molar-refractivity contribution in [2.45, 2.75) is 24.0 Å². The van der Waals surface area contributed by atoms with Gasteiger partial charge in [-0.1, -0.05) is 5.92 Å². The molecule has 10 heteroatoms. The number of halogens is 1. The fourth-order valence-electron chi connectivity index (χ4n) is 2.66. The number of aliphatic hydroxyl groups is 3. The van der Waals surface area contributed by atoms with Crippen LogP contribution in [0.4, 0.5) is 10.3 Å². The molecule has 0 spiro atoms. The number of nitrogens with one attached hydrogen (secondary N) is 1. The number of hydrogen-bond acceptors (Lipinski definition) is 7. The number of aromatic nitrogens is 3. The van der Waals surface area contributed by atoms with Crippen molar-refractivity contribution in [3.05, 3.63) is 22.4 Å². The Morgan fingerprint density at radius 3 is 2.96 bits per heavy atom. The average Bonchev–Trinajstić information content (AvgIpc) is 2.95. The van der Waals surface area contributed by atoms with Crippen LogP contribution in [0, 0.1) is 18.2 Å². The Morgan fingerprint density at radius 1 is 1.65 bits per heavy atom. The van der Waals surface area contributed by atoms with Crippen LogP contribution < -0.4 is 11.3 Å². The van der Waals surface area contributed by atoms with Crippen molar-refractivity contribution in [3.63, 3.8) is 0 Å². The molecule has 2 aromatic rings. The first-order valence-corrected chi connectivity index (χ1v) is 6.53. The van der Waals surface area contributed by atoms with E-state index in [2.05, 4.69) is 9.97 Å². The molecule has 1 fully saturated rings. The van der Waals surface area contributed by atoms with Crippen LogP contribution in [-0.2, 0) is 4.74 Å². The number of hydrogen-bond donors (Lipinski definition) is 5. The maximum atomic E-state index is 14.1. The van der Waals surface area contributed by atoms with E-state index in [0.29, 0.717) is 0 Å². The molecule has 0 amide bonds. The summed E-state index contributed by atoms with van der Waals surface area (Å²) >= 11 is 0. The van der Waals surface area contributed by atoms with Crippen LogP contribution in [0.25, 0.3) is 11.0 Å². The third kappa shape index (κ3) is 2.02. The lowest BCUT2D eigenvalue weighted by molar-refractivity contribution is -0.0720. The second-order valence-electron chi connectivity index (χ2n) is 5.16. The van der Waals surface area contributed by atoms with Crippen molar-refractivity contribution in [1.29, 1.82) is 0 Å². The van der Waals surface area contributed by atoms with Crippen molar-refractivity contribution in [2.24, 2.45) is 0 Å². The molecule has 9 nitrogen and oxygen atoms in total. The smallest absolute Gasteiger partial charge is 0.264 e. The molecular formula is C13H13FN4O5. The van der Waals surface area contributed by atoms with Crippen molar-refractivity contribution in [3.8, 4) is 12.3 Å². The summed E-state index contributed by atoms with van der Waals surface area (Å²) in [6.07, 6.45) is 1.84. The Morgan fingerprint density at radius 2 is 2.35 bits per heavy atom. The SMILES string of the molecule is C#CC1(O)[C@@H](O)[C@@H](CO)O[C@H]1n1cc(F)c2c(=O)[nH]c(N)nc21. The second kappa shape index (κ2) is 5.04. The summed E-state index contributed by atoms with van der Waals surface area (Å²) in [5.41, 5.74) is 2.16. The van der Waals surface area contributed by atoms with E-state index in [1.165, 1.54) is 0 Å². The highest BCUT2D eigenvalue weighted by molar-refractivity contribution is 5.77. The third-order valence-corrected chi connectivity index (χ3v) is 3.80. The standard InChI is InChI=1S/C13H13FN4O5/c1-2-13(22)8(20)6(4-19)23-11(13)18-3-5(14)7-9(18)16-12(15)17-10(7)21/h1,3,6,8,11,19-20,22H,4H2,(H3,15,16,17,21)/t6-,8+,11-,13?/m1/s1. The highest BCUT2D eigenvalue weighted by Crippen LogP contribution is 2.39. The van der Waals surface area contributed by atoms with Crippen molar-refractivity contribution in [2.75, 3.05) is 12.3 Å². The highest BCUT2D eigenvalue weighted by atomic mass is 19.1. The first-order valence-electron chi connectivity index (χ1n) is 6.53.